The summed E-state index contributed by atoms with van der Waals surface area (Å²) in [6.07, 6.45) is 1.82. The molecule has 3 N–H and O–H groups in total. The molecule has 0 unspecified atom stereocenters. The summed E-state index contributed by atoms with van der Waals surface area (Å²) in [5.41, 5.74) is 7.44. The Hall–Kier alpha value is -1.75. The fraction of sp³-hybridized carbons (Fsp3) is 0.533. The van der Waals surface area contributed by atoms with Gasteiger partial charge in [0.25, 0.3) is 0 Å². The largest absolute Gasteiger partial charge is 0.399 e. The molecule has 1 amide bonds. The number of carbonyl (C=O) groups excluding carboxylic acids is 1. The molecule has 0 spiro atoms. The highest BCUT2D eigenvalue weighted by Crippen LogP contribution is 2.16. The molecule has 0 heterocycles. The number of nitrogens with one attached hydrogen (secondary N) is 1. The van der Waals surface area contributed by atoms with Gasteiger partial charge in [-0.05, 0) is 37.1 Å². The number of hydrogen-bond acceptors (Lipinski definition) is 4. The molecule has 1 aromatic carbocycles. The Labute approximate surface area is 121 Å². The molecule has 0 aromatic heterocycles. The normalized spacial score (nSPS) is 10.3. The lowest BCUT2D eigenvalue weighted by Crippen LogP contribution is -2.38. The maximum absolute atomic E-state index is 11.9. The summed E-state index contributed by atoms with van der Waals surface area (Å²) in [6.45, 7) is 4.62. The minimum atomic E-state index is 0.0337. The standard InChI is InChI=1S/C15H25N3O2/c1-3-10-18(14-7-5-13(16)6-8-14)12-15(19)17-9-4-11-20-2/h5-8H,3-4,9-12,16H2,1-2H3,(H,17,19). The predicted octanol–water partition coefficient (Wildman–Crippen LogP) is 1.64. The second-order valence-electron chi connectivity index (χ2n) is 4.71. The first-order valence-corrected chi connectivity index (χ1v) is 7.03. The highest BCUT2D eigenvalue weighted by atomic mass is 16.5. The average molecular weight is 279 g/mol. The van der Waals surface area contributed by atoms with Crippen LogP contribution in [0.15, 0.2) is 24.3 Å². The van der Waals surface area contributed by atoms with E-state index in [0.29, 0.717) is 19.7 Å². The zero-order valence-corrected chi connectivity index (χ0v) is 12.4. The summed E-state index contributed by atoms with van der Waals surface area (Å²) in [7, 11) is 1.66. The molecule has 0 atom stereocenters. The van der Waals surface area contributed by atoms with Gasteiger partial charge < -0.3 is 20.7 Å². The maximum Gasteiger partial charge on any atom is 0.239 e. The number of rotatable bonds is 9. The van der Waals surface area contributed by atoms with Gasteiger partial charge >= 0.3 is 0 Å². The van der Waals surface area contributed by atoms with Gasteiger partial charge in [-0.1, -0.05) is 6.92 Å². The van der Waals surface area contributed by atoms with E-state index >= 15 is 0 Å². The number of nitrogens with two attached hydrogens (primary N) is 1. The topological polar surface area (TPSA) is 67.6 Å². The first-order valence-electron chi connectivity index (χ1n) is 7.03. The van der Waals surface area contributed by atoms with Gasteiger partial charge in [0.15, 0.2) is 0 Å². The molecule has 0 aliphatic carbocycles. The van der Waals surface area contributed by atoms with Crippen LogP contribution in [0.5, 0.6) is 0 Å². The quantitative estimate of drug-likeness (QED) is 0.532. The second-order valence-corrected chi connectivity index (χ2v) is 4.71. The Morgan fingerprint density at radius 2 is 2.05 bits per heavy atom. The van der Waals surface area contributed by atoms with Gasteiger partial charge in [-0.15, -0.1) is 0 Å². The van der Waals surface area contributed by atoms with Crippen molar-refractivity contribution in [3.8, 4) is 0 Å². The van der Waals surface area contributed by atoms with Crippen molar-refractivity contribution in [1.82, 2.24) is 5.32 Å². The number of methoxy groups -OCH3 is 1. The van der Waals surface area contributed by atoms with Crippen molar-refractivity contribution < 1.29 is 9.53 Å². The van der Waals surface area contributed by atoms with Crippen LogP contribution in [0.25, 0.3) is 0 Å². The molecule has 0 saturated heterocycles. The number of nitrogens with zero attached hydrogens (tertiary/aromatic N) is 1. The number of hydrogen-bond donors (Lipinski definition) is 2. The van der Waals surface area contributed by atoms with Gasteiger partial charge in [0, 0.05) is 38.2 Å². The predicted molar refractivity (Wildman–Crippen MR) is 82.9 cm³/mol. The fourth-order valence-electron chi connectivity index (χ4n) is 1.93. The molecule has 0 aliphatic heterocycles. The van der Waals surface area contributed by atoms with E-state index < -0.39 is 0 Å². The van der Waals surface area contributed by atoms with Crippen LogP contribution in [0, 0.1) is 0 Å². The zero-order chi connectivity index (χ0) is 14.8. The van der Waals surface area contributed by atoms with Crippen LogP contribution in [-0.4, -0.2) is 39.3 Å². The SMILES string of the molecule is CCCN(CC(=O)NCCCOC)c1ccc(N)cc1. The van der Waals surface area contributed by atoms with Crippen molar-refractivity contribution >= 4 is 17.3 Å². The van der Waals surface area contributed by atoms with E-state index in [2.05, 4.69) is 17.1 Å². The molecule has 0 aliphatic rings. The maximum atomic E-state index is 11.9. The van der Waals surface area contributed by atoms with E-state index in [1.165, 1.54) is 0 Å². The lowest BCUT2D eigenvalue weighted by molar-refractivity contribution is -0.119. The molecule has 0 saturated carbocycles. The lowest BCUT2D eigenvalue weighted by Gasteiger charge is -2.23. The lowest BCUT2D eigenvalue weighted by atomic mass is 10.2. The number of amides is 1. The molecule has 112 valence electrons. The first-order chi connectivity index (χ1) is 9.67. The number of anilines is 2. The number of ether oxygens (including phenoxy) is 1. The Kier molecular flexibility index (Phi) is 7.50. The van der Waals surface area contributed by atoms with Crippen molar-refractivity contribution in [3.05, 3.63) is 24.3 Å². The summed E-state index contributed by atoms with van der Waals surface area (Å²) >= 11 is 0. The Morgan fingerprint density at radius 1 is 1.35 bits per heavy atom. The van der Waals surface area contributed by atoms with Crippen LogP contribution in [0.2, 0.25) is 0 Å². The number of benzene rings is 1. The van der Waals surface area contributed by atoms with Crippen molar-refractivity contribution in [3.63, 3.8) is 0 Å². The van der Waals surface area contributed by atoms with E-state index in [4.69, 9.17) is 10.5 Å². The molecule has 1 rings (SSSR count). The van der Waals surface area contributed by atoms with Crippen LogP contribution in [0.4, 0.5) is 11.4 Å². The summed E-state index contributed by atoms with van der Waals surface area (Å²) in [5, 5.41) is 2.90. The summed E-state index contributed by atoms with van der Waals surface area (Å²) in [4.78, 5) is 14.0. The Balaban J connectivity index is 2.49. The van der Waals surface area contributed by atoms with Gasteiger partial charge in [0.2, 0.25) is 5.91 Å². The molecule has 0 fully saturated rings. The van der Waals surface area contributed by atoms with E-state index in [1.54, 1.807) is 7.11 Å². The molecule has 5 nitrogen and oxygen atoms in total. The van der Waals surface area contributed by atoms with Crippen molar-refractivity contribution in [2.75, 3.05) is 44.0 Å². The zero-order valence-electron chi connectivity index (χ0n) is 12.4. The van der Waals surface area contributed by atoms with Crippen molar-refractivity contribution in [1.29, 1.82) is 0 Å². The Bertz CT molecular complexity index is 393. The van der Waals surface area contributed by atoms with Crippen molar-refractivity contribution in [2.45, 2.75) is 19.8 Å². The minimum absolute atomic E-state index is 0.0337. The molecule has 0 radical (unpaired) electrons. The molecular formula is C15H25N3O2. The minimum Gasteiger partial charge on any atom is -0.399 e. The molecule has 1 aromatic rings. The first kappa shape index (κ1) is 16.3. The molecular weight excluding hydrogens is 254 g/mol. The highest BCUT2D eigenvalue weighted by molar-refractivity contribution is 5.81. The van der Waals surface area contributed by atoms with Crippen LogP contribution in [-0.2, 0) is 9.53 Å². The van der Waals surface area contributed by atoms with Crippen LogP contribution >= 0.6 is 0 Å². The van der Waals surface area contributed by atoms with E-state index in [1.807, 2.05) is 24.3 Å². The van der Waals surface area contributed by atoms with E-state index in [-0.39, 0.29) is 5.91 Å². The molecule has 5 heteroatoms. The summed E-state index contributed by atoms with van der Waals surface area (Å²) < 4.78 is 4.95. The van der Waals surface area contributed by atoms with Crippen LogP contribution in [0.1, 0.15) is 19.8 Å². The molecule has 0 bridgehead atoms. The smallest absolute Gasteiger partial charge is 0.239 e. The van der Waals surface area contributed by atoms with Gasteiger partial charge in [-0.3, -0.25) is 4.79 Å². The highest BCUT2D eigenvalue weighted by Gasteiger charge is 2.10. The third-order valence-corrected chi connectivity index (χ3v) is 2.93. The third kappa shape index (κ3) is 5.93. The fourth-order valence-corrected chi connectivity index (χ4v) is 1.93. The third-order valence-electron chi connectivity index (χ3n) is 2.93. The van der Waals surface area contributed by atoms with Crippen molar-refractivity contribution in [2.24, 2.45) is 0 Å². The summed E-state index contributed by atoms with van der Waals surface area (Å²) in [6, 6.07) is 7.61. The van der Waals surface area contributed by atoms with E-state index in [0.717, 1.165) is 30.8 Å². The average Bonchev–Trinajstić information content (AvgIpc) is 2.44. The number of nitrogen functional groups attached to an aromatic ring is 1. The second kappa shape index (κ2) is 9.20. The monoisotopic (exact) mass is 279 g/mol. The van der Waals surface area contributed by atoms with Gasteiger partial charge in [-0.2, -0.15) is 0 Å². The van der Waals surface area contributed by atoms with Crippen LogP contribution < -0.4 is 16.0 Å². The van der Waals surface area contributed by atoms with E-state index in [9.17, 15) is 4.79 Å². The van der Waals surface area contributed by atoms with Gasteiger partial charge in [0.1, 0.15) is 0 Å². The summed E-state index contributed by atoms with van der Waals surface area (Å²) in [5.74, 6) is 0.0337. The number of carbonyl (C=O) groups is 1. The van der Waals surface area contributed by atoms with Gasteiger partial charge in [0.05, 0.1) is 6.54 Å². The Morgan fingerprint density at radius 3 is 2.65 bits per heavy atom. The van der Waals surface area contributed by atoms with Crippen LogP contribution in [0.3, 0.4) is 0 Å². The van der Waals surface area contributed by atoms with Gasteiger partial charge in [-0.25, -0.2) is 0 Å². The molecule has 20 heavy (non-hydrogen) atoms.